The molecule has 0 saturated heterocycles. The van der Waals surface area contributed by atoms with E-state index in [0.717, 1.165) is 5.06 Å². The van der Waals surface area contributed by atoms with E-state index in [-0.39, 0.29) is 18.1 Å². The number of aromatic nitrogens is 1. The van der Waals surface area contributed by atoms with Crippen LogP contribution < -0.4 is 4.90 Å². The van der Waals surface area contributed by atoms with Crippen LogP contribution in [-0.4, -0.2) is 56.1 Å². The molecule has 0 saturated carbocycles. The van der Waals surface area contributed by atoms with Gasteiger partial charge in [0.1, 0.15) is 10.0 Å². The van der Waals surface area contributed by atoms with Gasteiger partial charge in [0.15, 0.2) is 0 Å². The fraction of sp³-hybridized carbons (Fsp3) is 0.529. The molecular weight excluding hydrogens is 415 g/mol. The molecular formula is C17H22F3N3O3S2. The van der Waals surface area contributed by atoms with Crippen LogP contribution in [0.15, 0.2) is 18.4 Å². The van der Waals surface area contributed by atoms with E-state index in [1.807, 2.05) is 6.08 Å². The molecule has 2 rings (SSSR count). The Morgan fingerprint density at radius 1 is 1.43 bits per heavy atom. The number of carbonyl (C=O) groups excluding carboxylic acids is 1. The predicted molar refractivity (Wildman–Crippen MR) is 104 cm³/mol. The van der Waals surface area contributed by atoms with Gasteiger partial charge in [-0.05, 0) is 13.8 Å². The maximum Gasteiger partial charge on any atom is 0.390 e. The van der Waals surface area contributed by atoms with Crippen molar-refractivity contribution in [2.24, 2.45) is 0 Å². The van der Waals surface area contributed by atoms with Gasteiger partial charge in [-0.3, -0.25) is 19.3 Å². The fourth-order valence-corrected chi connectivity index (χ4v) is 4.74. The Balaban J connectivity index is 2.03. The topological polar surface area (TPSA) is 73.7 Å². The Morgan fingerprint density at radius 3 is 2.75 bits per heavy atom. The highest BCUT2D eigenvalue weighted by Crippen LogP contribution is 2.33. The minimum atomic E-state index is -4.35. The molecule has 1 aromatic rings. The molecule has 1 aliphatic rings. The summed E-state index contributed by atoms with van der Waals surface area (Å²) in [5, 5.41) is 11.9. The number of allylic oxidation sites excluding steroid dienone is 2. The van der Waals surface area contributed by atoms with Crippen LogP contribution in [-0.2, 0) is 15.6 Å². The van der Waals surface area contributed by atoms with Crippen LogP contribution in [0.1, 0.15) is 30.5 Å². The third kappa shape index (κ3) is 6.42. The second-order valence-electron chi connectivity index (χ2n) is 6.12. The van der Waals surface area contributed by atoms with Gasteiger partial charge in [-0.1, -0.05) is 23.5 Å². The first kappa shape index (κ1) is 22.6. The Labute approximate surface area is 167 Å². The van der Waals surface area contributed by atoms with Gasteiger partial charge in [-0.25, -0.2) is 4.98 Å². The number of halogens is 3. The number of alkyl halides is 3. The second kappa shape index (κ2) is 9.66. The summed E-state index contributed by atoms with van der Waals surface area (Å²) in [7, 11) is -1.70. The molecule has 6 nitrogen and oxygen atoms in total. The number of rotatable bonds is 8. The van der Waals surface area contributed by atoms with Gasteiger partial charge >= 0.3 is 6.18 Å². The monoisotopic (exact) mass is 437 g/mol. The number of carbonyl (C=O) groups is 1. The van der Waals surface area contributed by atoms with Gasteiger partial charge in [0.2, 0.25) is 5.91 Å². The molecule has 1 aliphatic heterocycles. The molecule has 1 aromatic heterocycles. The summed E-state index contributed by atoms with van der Waals surface area (Å²) in [5.74, 6) is -0.910. The smallest absolute Gasteiger partial charge is 0.303 e. The van der Waals surface area contributed by atoms with Crippen molar-refractivity contribution >= 4 is 38.6 Å². The summed E-state index contributed by atoms with van der Waals surface area (Å²) in [6.07, 6.45) is -0.409. The minimum Gasteiger partial charge on any atom is -0.303 e. The van der Waals surface area contributed by atoms with Crippen molar-refractivity contribution in [3.8, 4) is 0 Å². The summed E-state index contributed by atoms with van der Waals surface area (Å²) in [6, 6.07) is 0. The quantitative estimate of drug-likeness (QED) is 0.674. The molecule has 0 aliphatic carbocycles. The Morgan fingerprint density at radius 2 is 2.14 bits per heavy atom. The van der Waals surface area contributed by atoms with Crippen molar-refractivity contribution in [1.82, 2.24) is 10.0 Å². The third-order valence-electron chi connectivity index (χ3n) is 3.92. The Bertz CT molecular complexity index is 790. The van der Waals surface area contributed by atoms with E-state index in [1.54, 1.807) is 26.1 Å². The highest BCUT2D eigenvalue weighted by Gasteiger charge is 2.28. The first-order valence-electron chi connectivity index (χ1n) is 8.64. The number of amides is 1. The SMILES string of the molecule is CCN(C(=O)CCS(=O)CCC(F)(F)F)c1sc(C2=CN(O)CC=C2)nc1C. The molecule has 0 aromatic carbocycles. The molecule has 156 valence electrons. The number of hydrogen-bond donors (Lipinski definition) is 1. The lowest BCUT2D eigenvalue weighted by molar-refractivity contribution is -0.129. The number of thiazole rings is 1. The third-order valence-corrected chi connectivity index (χ3v) is 6.46. The van der Waals surface area contributed by atoms with Crippen molar-refractivity contribution < 1.29 is 27.4 Å². The second-order valence-corrected chi connectivity index (χ2v) is 8.79. The van der Waals surface area contributed by atoms with Crippen LogP contribution in [0, 0.1) is 6.92 Å². The molecule has 1 unspecified atom stereocenters. The number of hydroxylamine groups is 2. The van der Waals surface area contributed by atoms with Crippen LogP contribution >= 0.6 is 11.3 Å². The van der Waals surface area contributed by atoms with Crippen LogP contribution in [0.3, 0.4) is 0 Å². The highest BCUT2D eigenvalue weighted by atomic mass is 32.2. The van der Waals surface area contributed by atoms with E-state index in [2.05, 4.69) is 4.98 Å². The fourth-order valence-electron chi connectivity index (χ4n) is 2.53. The standard InChI is InChI=1S/C17H22F3N3O3S2/c1-3-23(14(24)6-9-28(26)10-7-17(18,19)20)16-12(2)21-15(27-16)13-5-4-8-22(25)11-13/h4-5,11,25H,3,6-10H2,1-2H3. The largest absolute Gasteiger partial charge is 0.390 e. The van der Waals surface area contributed by atoms with Gasteiger partial charge in [0, 0.05) is 47.0 Å². The van der Waals surface area contributed by atoms with Crippen LogP contribution in [0.4, 0.5) is 18.2 Å². The molecule has 2 heterocycles. The molecule has 1 N–H and O–H groups in total. The van der Waals surface area contributed by atoms with E-state index in [1.165, 1.54) is 16.2 Å². The molecule has 0 fully saturated rings. The molecule has 0 bridgehead atoms. The average Bonchev–Trinajstić information content (AvgIpc) is 3.00. The number of anilines is 1. The van der Waals surface area contributed by atoms with Crippen molar-refractivity contribution in [2.75, 3.05) is 29.5 Å². The van der Waals surface area contributed by atoms with E-state index < -0.39 is 29.1 Å². The van der Waals surface area contributed by atoms with Gasteiger partial charge < -0.3 is 4.90 Å². The van der Waals surface area contributed by atoms with Crippen molar-refractivity contribution in [3.63, 3.8) is 0 Å². The number of aryl methyl sites for hydroxylation is 1. The lowest BCUT2D eigenvalue weighted by Gasteiger charge is -2.19. The summed E-state index contributed by atoms with van der Waals surface area (Å²) >= 11 is 1.29. The van der Waals surface area contributed by atoms with E-state index >= 15 is 0 Å². The van der Waals surface area contributed by atoms with Crippen molar-refractivity contribution in [1.29, 1.82) is 0 Å². The van der Waals surface area contributed by atoms with E-state index in [0.29, 0.717) is 34.4 Å². The number of hydrogen-bond acceptors (Lipinski definition) is 6. The lowest BCUT2D eigenvalue weighted by atomic mass is 10.2. The van der Waals surface area contributed by atoms with E-state index in [9.17, 15) is 27.4 Å². The summed E-state index contributed by atoms with van der Waals surface area (Å²) in [5.41, 5.74) is 1.35. The van der Waals surface area contributed by atoms with Crippen molar-refractivity contribution in [2.45, 2.75) is 32.9 Å². The van der Waals surface area contributed by atoms with E-state index in [4.69, 9.17) is 0 Å². The van der Waals surface area contributed by atoms with Crippen LogP contribution in [0.2, 0.25) is 0 Å². The zero-order valence-electron chi connectivity index (χ0n) is 15.5. The number of nitrogens with zero attached hydrogens (tertiary/aromatic N) is 3. The Kier molecular flexibility index (Phi) is 7.79. The zero-order valence-corrected chi connectivity index (χ0v) is 17.2. The molecule has 0 spiro atoms. The zero-order chi connectivity index (χ0) is 20.9. The Hall–Kier alpha value is -1.72. The molecule has 1 amide bonds. The first-order chi connectivity index (χ1) is 13.1. The summed E-state index contributed by atoms with van der Waals surface area (Å²) < 4.78 is 48.3. The van der Waals surface area contributed by atoms with Crippen LogP contribution in [0.5, 0.6) is 0 Å². The van der Waals surface area contributed by atoms with Gasteiger partial charge in [0.05, 0.1) is 18.7 Å². The van der Waals surface area contributed by atoms with Gasteiger partial charge in [-0.15, -0.1) is 0 Å². The van der Waals surface area contributed by atoms with Crippen molar-refractivity contribution in [3.05, 3.63) is 29.1 Å². The highest BCUT2D eigenvalue weighted by molar-refractivity contribution is 7.84. The maximum atomic E-state index is 12.5. The summed E-state index contributed by atoms with van der Waals surface area (Å²) in [6.45, 7) is 4.28. The normalized spacial score (nSPS) is 15.5. The lowest BCUT2D eigenvalue weighted by Crippen LogP contribution is -2.31. The van der Waals surface area contributed by atoms with Gasteiger partial charge in [0.25, 0.3) is 0 Å². The maximum absolute atomic E-state index is 12.5. The van der Waals surface area contributed by atoms with Gasteiger partial charge in [-0.2, -0.15) is 13.2 Å². The van der Waals surface area contributed by atoms with Crippen LogP contribution in [0.25, 0.3) is 5.57 Å². The summed E-state index contributed by atoms with van der Waals surface area (Å²) in [4.78, 5) is 18.5. The minimum absolute atomic E-state index is 0.0992. The predicted octanol–water partition coefficient (Wildman–Crippen LogP) is 3.50. The molecule has 11 heteroatoms. The average molecular weight is 438 g/mol. The first-order valence-corrected chi connectivity index (χ1v) is 10.9. The molecule has 1 atom stereocenters. The molecule has 0 radical (unpaired) electrons. The molecule has 28 heavy (non-hydrogen) atoms.